The van der Waals surface area contributed by atoms with E-state index in [4.69, 9.17) is 21.1 Å². The Balaban J connectivity index is 0.000000815. The van der Waals surface area contributed by atoms with E-state index in [9.17, 15) is 9.90 Å². The lowest BCUT2D eigenvalue weighted by Gasteiger charge is -2.11. The van der Waals surface area contributed by atoms with E-state index in [0.717, 1.165) is 22.3 Å². The lowest BCUT2D eigenvalue weighted by molar-refractivity contribution is -0.0980. The lowest BCUT2D eigenvalue weighted by Crippen LogP contribution is -2.10. The van der Waals surface area contributed by atoms with E-state index in [1.54, 1.807) is 24.3 Å². The van der Waals surface area contributed by atoms with Crippen LogP contribution in [0, 0.1) is 0 Å². The van der Waals surface area contributed by atoms with Gasteiger partial charge in [0.2, 0.25) is 0 Å². The Kier molecular flexibility index (Phi) is 8.62. The second-order valence-electron chi connectivity index (χ2n) is 7.42. The molecule has 35 heavy (non-hydrogen) atoms. The highest BCUT2D eigenvalue weighted by Crippen LogP contribution is 2.36. The number of carbonyl (C=O) groups is 2. The van der Waals surface area contributed by atoms with Gasteiger partial charge in [0.15, 0.2) is 5.75 Å². The number of ether oxygens (including phenoxy) is 1. The molecule has 0 saturated carbocycles. The van der Waals surface area contributed by atoms with Gasteiger partial charge in [-0.1, -0.05) is 54.1 Å². The molecule has 0 saturated heterocycles. The van der Waals surface area contributed by atoms with Crippen LogP contribution >= 0.6 is 11.6 Å². The first-order valence-corrected chi connectivity index (χ1v) is 11.1. The number of amides is 1. The smallest absolute Gasteiger partial charge is 0.259 e. The summed E-state index contributed by atoms with van der Waals surface area (Å²) in [4.78, 5) is 20.5. The Hall–Kier alpha value is -4.13. The topological polar surface area (TPSA) is 102 Å². The standard InChI is InChI=1S/C26H18ClNO3.CH5N.CH2O/c27-22-15-19(29)10-11-20(22)18-8-5-16(6-9-18)13-17-7-12-25-23(14-17)28-26(30)21-3-1-2-4-24(21)31-25;2*1-2/h1-12,14-15,29H,13H2,(H,28,30);2H2,1H3;1H2. The summed E-state index contributed by atoms with van der Waals surface area (Å²) in [6.45, 7) is 2.00. The summed E-state index contributed by atoms with van der Waals surface area (Å²) in [6.07, 6.45) is 0.708. The summed E-state index contributed by atoms with van der Waals surface area (Å²) in [5, 5.41) is 13.0. The maximum Gasteiger partial charge on any atom is 0.259 e. The van der Waals surface area contributed by atoms with E-state index in [2.05, 4.69) is 23.2 Å². The third-order valence-corrected chi connectivity index (χ3v) is 5.58. The highest BCUT2D eigenvalue weighted by Gasteiger charge is 2.20. The van der Waals surface area contributed by atoms with Crippen LogP contribution in [0.4, 0.5) is 5.69 Å². The minimum Gasteiger partial charge on any atom is -0.508 e. The van der Waals surface area contributed by atoms with E-state index >= 15 is 0 Å². The Labute approximate surface area is 208 Å². The molecule has 1 aliphatic heterocycles. The van der Waals surface area contributed by atoms with Gasteiger partial charge in [-0.05, 0) is 72.6 Å². The van der Waals surface area contributed by atoms with E-state index in [1.807, 2.05) is 49.3 Å². The van der Waals surface area contributed by atoms with Crippen molar-refractivity contribution in [2.75, 3.05) is 12.4 Å². The van der Waals surface area contributed by atoms with Crippen LogP contribution in [-0.2, 0) is 11.2 Å². The molecular weight excluding hydrogens is 464 g/mol. The molecule has 0 aliphatic carbocycles. The quantitative estimate of drug-likeness (QED) is 0.326. The molecule has 0 atom stereocenters. The first-order valence-electron chi connectivity index (χ1n) is 10.7. The highest BCUT2D eigenvalue weighted by atomic mass is 35.5. The highest BCUT2D eigenvalue weighted by molar-refractivity contribution is 6.33. The normalized spacial score (nSPS) is 11.1. The molecule has 178 valence electrons. The molecule has 0 fully saturated rings. The largest absolute Gasteiger partial charge is 0.508 e. The van der Waals surface area contributed by atoms with Gasteiger partial charge in [0.25, 0.3) is 5.91 Å². The zero-order valence-corrected chi connectivity index (χ0v) is 19.9. The van der Waals surface area contributed by atoms with Gasteiger partial charge in [0.1, 0.15) is 18.3 Å². The number of hydrogen-bond acceptors (Lipinski definition) is 5. The average Bonchev–Trinajstić information content (AvgIpc) is 3.03. The maximum atomic E-state index is 12.5. The van der Waals surface area contributed by atoms with Crippen molar-refractivity contribution in [3.63, 3.8) is 0 Å². The second kappa shape index (κ2) is 11.8. The van der Waals surface area contributed by atoms with Crippen molar-refractivity contribution in [1.29, 1.82) is 0 Å². The number of para-hydroxylation sites is 1. The monoisotopic (exact) mass is 488 g/mol. The Bertz CT molecular complexity index is 1320. The number of carbonyl (C=O) groups excluding carboxylic acids is 2. The van der Waals surface area contributed by atoms with Crippen LogP contribution in [0.5, 0.6) is 17.2 Å². The molecular formula is C28H25ClN2O4. The summed E-state index contributed by atoms with van der Waals surface area (Å²) >= 11 is 6.25. The fourth-order valence-corrected chi connectivity index (χ4v) is 3.99. The van der Waals surface area contributed by atoms with Crippen LogP contribution in [0.2, 0.25) is 5.02 Å². The SMILES string of the molecule is C=O.CN.O=C1Nc2cc(Cc3ccc(-c4ccc(O)cc4Cl)cc3)ccc2Oc2ccccc21. The number of fused-ring (bicyclic) bond motifs is 2. The van der Waals surface area contributed by atoms with Gasteiger partial charge in [0, 0.05) is 5.56 Å². The zero-order valence-electron chi connectivity index (χ0n) is 19.1. The van der Waals surface area contributed by atoms with Gasteiger partial charge in [-0.15, -0.1) is 0 Å². The number of aromatic hydroxyl groups is 1. The van der Waals surface area contributed by atoms with Crippen LogP contribution in [0.25, 0.3) is 11.1 Å². The number of benzene rings is 4. The molecule has 4 aromatic carbocycles. The molecule has 0 aromatic heterocycles. The van der Waals surface area contributed by atoms with Crippen LogP contribution in [0.3, 0.4) is 0 Å². The molecule has 0 unspecified atom stereocenters. The minimum absolute atomic E-state index is 0.146. The minimum atomic E-state index is -0.179. The van der Waals surface area contributed by atoms with Crippen molar-refractivity contribution in [3.05, 3.63) is 107 Å². The maximum absolute atomic E-state index is 12.5. The molecule has 4 N–H and O–H groups in total. The average molecular weight is 489 g/mol. The predicted octanol–water partition coefficient (Wildman–Crippen LogP) is 6.05. The predicted molar refractivity (Wildman–Crippen MR) is 140 cm³/mol. The summed E-state index contributed by atoms with van der Waals surface area (Å²) < 4.78 is 5.95. The molecule has 7 heteroatoms. The van der Waals surface area contributed by atoms with Crippen molar-refractivity contribution in [3.8, 4) is 28.4 Å². The molecule has 4 aromatic rings. The fourth-order valence-electron chi connectivity index (χ4n) is 3.70. The number of nitrogens with one attached hydrogen (secondary N) is 1. The lowest BCUT2D eigenvalue weighted by atomic mass is 10.00. The number of phenolic OH excluding ortho intramolecular Hbond substituents is 1. The van der Waals surface area contributed by atoms with E-state index < -0.39 is 0 Å². The number of hydrogen-bond donors (Lipinski definition) is 3. The third kappa shape index (κ3) is 5.87. The Morgan fingerprint density at radius 1 is 0.857 bits per heavy atom. The number of anilines is 1. The van der Waals surface area contributed by atoms with Crippen molar-refractivity contribution < 1.29 is 19.4 Å². The first-order chi connectivity index (χ1) is 17.1. The summed E-state index contributed by atoms with van der Waals surface area (Å²) in [7, 11) is 1.50. The van der Waals surface area contributed by atoms with E-state index in [1.165, 1.54) is 13.1 Å². The van der Waals surface area contributed by atoms with Crippen molar-refractivity contribution in [2.24, 2.45) is 5.73 Å². The Morgan fingerprint density at radius 2 is 1.54 bits per heavy atom. The molecule has 0 spiro atoms. The second-order valence-corrected chi connectivity index (χ2v) is 7.83. The molecule has 1 aliphatic rings. The number of phenols is 1. The summed E-state index contributed by atoms with van der Waals surface area (Å²) in [5.41, 5.74) is 9.71. The number of nitrogens with two attached hydrogens (primary N) is 1. The summed E-state index contributed by atoms with van der Waals surface area (Å²) in [5.74, 6) is 1.14. The van der Waals surface area contributed by atoms with Crippen LogP contribution < -0.4 is 15.8 Å². The molecule has 0 radical (unpaired) electrons. The van der Waals surface area contributed by atoms with Gasteiger partial charge in [-0.25, -0.2) is 0 Å². The van der Waals surface area contributed by atoms with Crippen LogP contribution in [-0.4, -0.2) is 24.9 Å². The Morgan fingerprint density at radius 3 is 2.26 bits per heavy atom. The zero-order chi connectivity index (χ0) is 25.4. The van der Waals surface area contributed by atoms with Crippen molar-refractivity contribution in [2.45, 2.75) is 6.42 Å². The fraction of sp³-hybridized carbons (Fsp3) is 0.0714. The van der Waals surface area contributed by atoms with E-state index in [0.29, 0.717) is 34.2 Å². The molecule has 0 bridgehead atoms. The van der Waals surface area contributed by atoms with Crippen molar-refractivity contribution in [1.82, 2.24) is 0 Å². The molecule has 6 nitrogen and oxygen atoms in total. The number of rotatable bonds is 3. The molecule has 5 rings (SSSR count). The van der Waals surface area contributed by atoms with E-state index in [-0.39, 0.29) is 11.7 Å². The molecule has 1 amide bonds. The van der Waals surface area contributed by atoms with Gasteiger partial charge in [0.05, 0.1) is 16.3 Å². The number of halogens is 1. The summed E-state index contributed by atoms with van der Waals surface area (Å²) in [6, 6.07) is 26.1. The molecule has 1 heterocycles. The van der Waals surface area contributed by atoms with Gasteiger partial charge < -0.3 is 25.7 Å². The van der Waals surface area contributed by atoms with Gasteiger partial charge in [-0.2, -0.15) is 0 Å². The van der Waals surface area contributed by atoms with Gasteiger partial charge >= 0.3 is 0 Å². The van der Waals surface area contributed by atoms with Gasteiger partial charge in [-0.3, -0.25) is 4.79 Å². The third-order valence-electron chi connectivity index (χ3n) is 5.27. The van der Waals surface area contributed by atoms with Crippen molar-refractivity contribution >= 4 is 30.0 Å². The first kappa shape index (κ1) is 25.5. The van der Waals surface area contributed by atoms with Crippen LogP contribution in [0.15, 0.2) is 84.9 Å². The van der Waals surface area contributed by atoms with Crippen LogP contribution in [0.1, 0.15) is 21.5 Å².